The van der Waals surface area contributed by atoms with Gasteiger partial charge in [0, 0.05) is 27.1 Å². The molecule has 0 amide bonds. The lowest BCUT2D eigenvalue weighted by Gasteiger charge is -2.23. The van der Waals surface area contributed by atoms with Crippen molar-refractivity contribution in [2.24, 2.45) is 7.05 Å². The molecule has 0 radical (unpaired) electrons. The molecule has 0 aliphatic rings. The van der Waals surface area contributed by atoms with Crippen LogP contribution < -0.4 is 5.32 Å². The molecule has 5 heteroatoms. The average Bonchev–Trinajstić information content (AvgIpc) is 2.75. The Hall–Kier alpha value is -1.43. The summed E-state index contributed by atoms with van der Waals surface area (Å²) in [5.74, 6) is 0.915. The van der Waals surface area contributed by atoms with Gasteiger partial charge in [0.25, 0.3) is 0 Å². The molecule has 21 heavy (non-hydrogen) atoms. The number of aromatic nitrogens is 2. The third-order valence-electron chi connectivity index (χ3n) is 3.74. The summed E-state index contributed by atoms with van der Waals surface area (Å²) < 4.78 is 7.04. The van der Waals surface area contributed by atoms with Crippen LogP contribution in [-0.4, -0.2) is 47.1 Å². The molecule has 0 fully saturated rings. The number of benzene rings is 1. The SMILES string of the molecule is COCCNCCC(C)(O)Cc1nc2ccccc2n1C. The Morgan fingerprint density at radius 3 is 2.81 bits per heavy atom. The summed E-state index contributed by atoms with van der Waals surface area (Å²) in [7, 11) is 3.68. The van der Waals surface area contributed by atoms with Gasteiger partial charge in [0.2, 0.25) is 0 Å². The van der Waals surface area contributed by atoms with E-state index in [-0.39, 0.29) is 0 Å². The lowest BCUT2D eigenvalue weighted by atomic mass is 9.97. The monoisotopic (exact) mass is 291 g/mol. The summed E-state index contributed by atoms with van der Waals surface area (Å²) in [5.41, 5.74) is 1.31. The van der Waals surface area contributed by atoms with Crippen LogP contribution in [0, 0.1) is 0 Å². The number of imidazole rings is 1. The topological polar surface area (TPSA) is 59.3 Å². The van der Waals surface area contributed by atoms with E-state index < -0.39 is 5.60 Å². The van der Waals surface area contributed by atoms with Crippen LogP contribution in [-0.2, 0) is 18.2 Å². The number of para-hydroxylation sites is 2. The normalized spacial score (nSPS) is 14.5. The number of methoxy groups -OCH3 is 1. The van der Waals surface area contributed by atoms with Gasteiger partial charge in [-0.1, -0.05) is 12.1 Å². The van der Waals surface area contributed by atoms with Gasteiger partial charge in [-0.15, -0.1) is 0 Å². The number of fused-ring (bicyclic) bond motifs is 1. The highest BCUT2D eigenvalue weighted by atomic mass is 16.5. The first-order valence-electron chi connectivity index (χ1n) is 7.36. The zero-order valence-corrected chi connectivity index (χ0v) is 13.1. The minimum atomic E-state index is -0.769. The summed E-state index contributed by atoms with van der Waals surface area (Å²) >= 11 is 0. The predicted molar refractivity (Wildman–Crippen MR) is 84.4 cm³/mol. The molecule has 2 N–H and O–H groups in total. The van der Waals surface area contributed by atoms with E-state index in [1.54, 1.807) is 7.11 Å². The van der Waals surface area contributed by atoms with Crippen LogP contribution in [0.3, 0.4) is 0 Å². The highest BCUT2D eigenvalue weighted by Gasteiger charge is 2.23. The Bertz CT molecular complexity index is 578. The number of aliphatic hydroxyl groups is 1. The molecule has 2 aromatic rings. The van der Waals surface area contributed by atoms with Crippen molar-refractivity contribution in [2.45, 2.75) is 25.4 Å². The number of hydrogen-bond acceptors (Lipinski definition) is 4. The van der Waals surface area contributed by atoms with Crippen LogP contribution in [0.4, 0.5) is 0 Å². The standard InChI is InChI=1S/C16H25N3O2/c1-16(20,8-9-17-10-11-21-3)12-15-18-13-6-4-5-7-14(13)19(15)2/h4-7,17,20H,8-12H2,1-3H3. The lowest BCUT2D eigenvalue weighted by Crippen LogP contribution is -2.34. The van der Waals surface area contributed by atoms with Crippen LogP contribution in [0.5, 0.6) is 0 Å². The van der Waals surface area contributed by atoms with E-state index in [4.69, 9.17) is 4.74 Å². The number of aryl methyl sites for hydroxylation is 1. The summed E-state index contributed by atoms with van der Waals surface area (Å²) in [6.07, 6.45) is 1.23. The van der Waals surface area contributed by atoms with Crippen LogP contribution in [0.25, 0.3) is 11.0 Å². The molecule has 0 aliphatic carbocycles. The Kier molecular flexibility index (Phi) is 5.33. The fourth-order valence-electron chi connectivity index (χ4n) is 2.44. The molecule has 1 aromatic heterocycles. The molecule has 116 valence electrons. The molecule has 0 aliphatic heterocycles. The van der Waals surface area contributed by atoms with Crippen LogP contribution in [0.1, 0.15) is 19.2 Å². The van der Waals surface area contributed by atoms with Gasteiger partial charge in [-0.2, -0.15) is 0 Å². The molecular weight excluding hydrogens is 266 g/mol. The fraction of sp³-hybridized carbons (Fsp3) is 0.562. The minimum Gasteiger partial charge on any atom is -0.390 e. The predicted octanol–water partition coefficient (Wildman–Crippen LogP) is 1.49. The molecule has 1 aromatic carbocycles. The number of nitrogens with one attached hydrogen (secondary N) is 1. The van der Waals surface area contributed by atoms with Crippen molar-refractivity contribution < 1.29 is 9.84 Å². The smallest absolute Gasteiger partial charge is 0.112 e. The van der Waals surface area contributed by atoms with Crippen molar-refractivity contribution in [1.29, 1.82) is 0 Å². The molecule has 1 atom stereocenters. The first-order chi connectivity index (χ1) is 10.0. The first kappa shape index (κ1) is 15.9. The van der Waals surface area contributed by atoms with Gasteiger partial charge in [-0.3, -0.25) is 0 Å². The van der Waals surface area contributed by atoms with E-state index in [9.17, 15) is 5.11 Å². The third kappa shape index (κ3) is 4.27. The second-order valence-electron chi connectivity index (χ2n) is 5.74. The summed E-state index contributed by atoms with van der Waals surface area (Å²) in [5, 5.41) is 13.8. The van der Waals surface area contributed by atoms with E-state index >= 15 is 0 Å². The molecule has 0 saturated carbocycles. The average molecular weight is 291 g/mol. The number of ether oxygens (including phenoxy) is 1. The van der Waals surface area contributed by atoms with Crippen molar-refractivity contribution >= 4 is 11.0 Å². The summed E-state index contributed by atoms with van der Waals surface area (Å²) in [6, 6.07) is 8.04. The zero-order valence-electron chi connectivity index (χ0n) is 13.1. The van der Waals surface area contributed by atoms with Gasteiger partial charge in [0.1, 0.15) is 5.82 Å². The second kappa shape index (κ2) is 7.02. The van der Waals surface area contributed by atoms with Crippen molar-refractivity contribution in [2.75, 3.05) is 26.8 Å². The largest absolute Gasteiger partial charge is 0.390 e. The van der Waals surface area contributed by atoms with Gasteiger partial charge in [0.15, 0.2) is 0 Å². The molecule has 1 unspecified atom stereocenters. The van der Waals surface area contributed by atoms with Crippen molar-refractivity contribution in [3.8, 4) is 0 Å². The summed E-state index contributed by atoms with van der Waals surface area (Å²) in [6.45, 7) is 4.12. The highest BCUT2D eigenvalue weighted by molar-refractivity contribution is 5.75. The molecule has 0 spiro atoms. The van der Waals surface area contributed by atoms with Crippen molar-refractivity contribution in [3.05, 3.63) is 30.1 Å². The molecule has 5 nitrogen and oxygen atoms in total. The Labute approximate surface area is 125 Å². The van der Waals surface area contributed by atoms with Crippen LogP contribution in [0.15, 0.2) is 24.3 Å². The fourth-order valence-corrected chi connectivity index (χ4v) is 2.44. The third-order valence-corrected chi connectivity index (χ3v) is 3.74. The van der Waals surface area contributed by atoms with E-state index in [1.807, 2.05) is 38.2 Å². The number of rotatable bonds is 8. The van der Waals surface area contributed by atoms with Gasteiger partial charge >= 0.3 is 0 Å². The maximum absolute atomic E-state index is 10.5. The highest BCUT2D eigenvalue weighted by Crippen LogP contribution is 2.20. The van der Waals surface area contributed by atoms with Gasteiger partial charge < -0.3 is 19.7 Å². The zero-order chi connectivity index (χ0) is 15.3. The minimum absolute atomic E-state index is 0.546. The number of hydrogen-bond donors (Lipinski definition) is 2. The van der Waals surface area contributed by atoms with Crippen molar-refractivity contribution in [1.82, 2.24) is 14.9 Å². The summed E-state index contributed by atoms with van der Waals surface area (Å²) in [4.78, 5) is 4.62. The van der Waals surface area contributed by atoms with Gasteiger partial charge in [0.05, 0.1) is 23.2 Å². The van der Waals surface area contributed by atoms with E-state index in [1.165, 1.54) is 0 Å². The van der Waals surface area contributed by atoms with Crippen molar-refractivity contribution in [3.63, 3.8) is 0 Å². The van der Waals surface area contributed by atoms with E-state index in [2.05, 4.69) is 14.9 Å². The maximum Gasteiger partial charge on any atom is 0.112 e. The Morgan fingerprint density at radius 2 is 2.10 bits per heavy atom. The number of nitrogens with zero attached hydrogens (tertiary/aromatic N) is 2. The molecule has 0 bridgehead atoms. The Morgan fingerprint density at radius 1 is 1.33 bits per heavy atom. The van der Waals surface area contributed by atoms with Crippen LogP contribution in [0.2, 0.25) is 0 Å². The molecular formula is C16H25N3O2. The molecule has 0 saturated heterocycles. The van der Waals surface area contributed by atoms with Gasteiger partial charge in [-0.05, 0) is 32.0 Å². The van der Waals surface area contributed by atoms with Gasteiger partial charge in [-0.25, -0.2) is 4.98 Å². The van der Waals surface area contributed by atoms with Crippen LogP contribution >= 0.6 is 0 Å². The lowest BCUT2D eigenvalue weighted by molar-refractivity contribution is 0.0485. The quantitative estimate of drug-likeness (QED) is 0.724. The van der Waals surface area contributed by atoms with E-state index in [0.717, 1.165) is 29.9 Å². The Balaban J connectivity index is 1.96. The molecule has 1 heterocycles. The second-order valence-corrected chi connectivity index (χ2v) is 5.74. The molecule has 2 rings (SSSR count). The van der Waals surface area contributed by atoms with E-state index in [0.29, 0.717) is 19.4 Å². The maximum atomic E-state index is 10.5. The first-order valence-corrected chi connectivity index (χ1v) is 7.36.